The Hall–Kier alpha value is -1.10. The minimum absolute atomic E-state index is 0.0440. The first kappa shape index (κ1) is 8.23. The molecule has 2 fully saturated rings. The molecule has 2 heteroatoms. The van der Waals surface area contributed by atoms with Crippen LogP contribution in [0, 0.1) is 40.9 Å². The Morgan fingerprint density at radius 2 is 2.07 bits per heavy atom. The predicted molar refractivity (Wildman–Crippen MR) is 51.1 cm³/mol. The van der Waals surface area contributed by atoms with Gasteiger partial charge in [0, 0.05) is 11.8 Å². The maximum atomic E-state index is 12.0. The van der Waals surface area contributed by atoms with Crippen molar-refractivity contribution in [3.05, 3.63) is 12.2 Å². The Balaban J connectivity index is 2.04. The molecule has 0 aromatic heterocycles. The van der Waals surface area contributed by atoms with Crippen LogP contribution >= 0.6 is 0 Å². The molecule has 72 valence electrons. The maximum absolute atomic E-state index is 12.0. The van der Waals surface area contributed by atoms with Crippen molar-refractivity contribution in [3.63, 3.8) is 0 Å². The molecule has 0 saturated heterocycles. The van der Waals surface area contributed by atoms with Gasteiger partial charge in [-0.15, -0.1) is 0 Å². The molecule has 2 saturated carbocycles. The molecule has 0 aromatic carbocycles. The molecule has 0 N–H and O–H groups in total. The summed E-state index contributed by atoms with van der Waals surface area (Å²) in [5.41, 5.74) is 0. The lowest BCUT2D eigenvalue weighted by Gasteiger charge is -2.20. The summed E-state index contributed by atoms with van der Waals surface area (Å²) in [5, 5.41) is 9.00. The minimum Gasteiger partial charge on any atom is -0.299 e. The van der Waals surface area contributed by atoms with Gasteiger partial charge in [-0.2, -0.15) is 5.26 Å². The first-order valence-electron chi connectivity index (χ1n) is 5.44. The lowest BCUT2D eigenvalue weighted by Crippen LogP contribution is -2.26. The summed E-state index contributed by atoms with van der Waals surface area (Å²) in [4.78, 5) is 12.0. The SMILES string of the molecule is N#C[C@H]1C=C[C@@H]2C(=O)[C@H]1[C@H]1CCC[C@H]12. The van der Waals surface area contributed by atoms with E-state index in [2.05, 4.69) is 6.07 Å². The molecular weight excluding hydrogens is 174 g/mol. The van der Waals surface area contributed by atoms with Gasteiger partial charge in [0.15, 0.2) is 0 Å². The monoisotopic (exact) mass is 187 g/mol. The van der Waals surface area contributed by atoms with Crippen molar-refractivity contribution >= 4 is 5.78 Å². The van der Waals surface area contributed by atoms with Crippen LogP contribution in [0.15, 0.2) is 12.2 Å². The van der Waals surface area contributed by atoms with Crippen LogP contribution in [-0.4, -0.2) is 5.78 Å². The summed E-state index contributed by atoms with van der Waals surface area (Å²) in [7, 11) is 0. The molecule has 3 aliphatic carbocycles. The van der Waals surface area contributed by atoms with E-state index in [9.17, 15) is 4.79 Å². The molecule has 0 heterocycles. The fourth-order valence-corrected chi connectivity index (χ4v) is 3.72. The summed E-state index contributed by atoms with van der Waals surface area (Å²) < 4.78 is 0. The highest BCUT2D eigenvalue weighted by Gasteiger charge is 2.54. The van der Waals surface area contributed by atoms with Crippen molar-refractivity contribution in [2.24, 2.45) is 29.6 Å². The smallest absolute Gasteiger partial charge is 0.144 e. The molecular formula is C12H13NO. The van der Waals surface area contributed by atoms with Gasteiger partial charge in [0.05, 0.1) is 12.0 Å². The zero-order valence-corrected chi connectivity index (χ0v) is 8.02. The lowest BCUT2D eigenvalue weighted by atomic mass is 9.80. The summed E-state index contributed by atoms with van der Waals surface area (Å²) in [5.74, 6) is 1.52. The van der Waals surface area contributed by atoms with Crippen LogP contribution in [0.3, 0.4) is 0 Å². The molecule has 5 atom stereocenters. The number of carbonyl (C=O) groups excluding carboxylic acids is 1. The Morgan fingerprint density at radius 1 is 1.29 bits per heavy atom. The van der Waals surface area contributed by atoms with Gasteiger partial charge in [0.25, 0.3) is 0 Å². The van der Waals surface area contributed by atoms with Crippen molar-refractivity contribution in [2.75, 3.05) is 0 Å². The standard InChI is InChI=1S/C12H13NO/c13-6-7-4-5-10-8-2-1-3-9(8)11(7)12(10)14/h4-5,7-11H,1-3H2/t7-,8-,9+,10+,11-/m1/s1. The zero-order valence-electron chi connectivity index (χ0n) is 8.02. The molecule has 3 rings (SSSR count). The van der Waals surface area contributed by atoms with Gasteiger partial charge >= 0.3 is 0 Å². The van der Waals surface area contributed by atoms with Crippen molar-refractivity contribution in [3.8, 4) is 6.07 Å². The molecule has 0 unspecified atom stereocenters. The number of carbonyl (C=O) groups is 1. The average Bonchev–Trinajstić information content (AvgIpc) is 2.70. The second kappa shape index (κ2) is 2.70. The number of fused-ring (bicyclic) bond motifs is 5. The van der Waals surface area contributed by atoms with E-state index < -0.39 is 0 Å². The van der Waals surface area contributed by atoms with E-state index in [0.29, 0.717) is 17.6 Å². The van der Waals surface area contributed by atoms with Crippen LogP contribution in [0.5, 0.6) is 0 Å². The Labute approximate surface area is 83.6 Å². The van der Waals surface area contributed by atoms with Gasteiger partial charge in [-0.3, -0.25) is 4.79 Å². The van der Waals surface area contributed by atoms with Crippen molar-refractivity contribution in [1.29, 1.82) is 5.26 Å². The third-order valence-corrected chi connectivity index (χ3v) is 4.27. The third-order valence-electron chi connectivity index (χ3n) is 4.27. The van der Waals surface area contributed by atoms with Crippen molar-refractivity contribution < 1.29 is 4.79 Å². The minimum atomic E-state index is -0.133. The summed E-state index contributed by atoms with van der Waals surface area (Å²) >= 11 is 0. The van der Waals surface area contributed by atoms with Crippen LogP contribution in [0.2, 0.25) is 0 Å². The quantitative estimate of drug-likeness (QED) is 0.544. The van der Waals surface area contributed by atoms with Crippen LogP contribution in [-0.2, 0) is 4.79 Å². The molecule has 14 heavy (non-hydrogen) atoms. The number of hydrogen-bond acceptors (Lipinski definition) is 2. The predicted octanol–water partition coefficient (Wildman–Crippen LogP) is 1.93. The van der Waals surface area contributed by atoms with Crippen LogP contribution in [0.1, 0.15) is 19.3 Å². The van der Waals surface area contributed by atoms with Gasteiger partial charge in [0.1, 0.15) is 5.78 Å². The zero-order chi connectivity index (χ0) is 9.71. The summed E-state index contributed by atoms with van der Waals surface area (Å²) in [6.45, 7) is 0. The fraction of sp³-hybridized carbons (Fsp3) is 0.667. The second-order valence-electron chi connectivity index (χ2n) is 4.75. The lowest BCUT2D eigenvalue weighted by molar-refractivity contribution is -0.124. The summed E-state index contributed by atoms with van der Waals surface area (Å²) in [6.07, 6.45) is 7.58. The molecule has 3 aliphatic rings. The Morgan fingerprint density at radius 3 is 2.86 bits per heavy atom. The van der Waals surface area contributed by atoms with Crippen LogP contribution in [0.4, 0.5) is 0 Å². The topological polar surface area (TPSA) is 40.9 Å². The largest absolute Gasteiger partial charge is 0.299 e. The first-order chi connectivity index (χ1) is 6.83. The molecule has 0 radical (unpaired) electrons. The fourth-order valence-electron chi connectivity index (χ4n) is 3.72. The van der Waals surface area contributed by atoms with Crippen LogP contribution in [0.25, 0.3) is 0 Å². The highest BCUT2D eigenvalue weighted by Crippen LogP contribution is 2.54. The molecule has 0 spiro atoms. The van der Waals surface area contributed by atoms with Gasteiger partial charge in [-0.25, -0.2) is 0 Å². The number of hydrogen-bond donors (Lipinski definition) is 0. The average molecular weight is 187 g/mol. The number of rotatable bonds is 0. The third kappa shape index (κ3) is 0.829. The van der Waals surface area contributed by atoms with Gasteiger partial charge < -0.3 is 0 Å². The Bertz CT molecular complexity index is 352. The number of allylic oxidation sites excluding steroid dienone is 2. The van der Waals surface area contributed by atoms with E-state index in [0.717, 1.165) is 6.42 Å². The van der Waals surface area contributed by atoms with Gasteiger partial charge in [-0.1, -0.05) is 18.6 Å². The molecule has 0 aliphatic heterocycles. The molecule has 2 bridgehead atoms. The number of ketones is 1. The maximum Gasteiger partial charge on any atom is 0.144 e. The normalized spacial score (nSPS) is 49.1. The van der Waals surface area contributed by atoms with Crippen LogP contribution < -0.4 is 0 Å². The Kier molecular flexibility index (Phi) is 1.58. The highest BCUT2D eigenvalue weighted by atomic mass is 16.1. The van der Waals surface area contributed by atoms with E-state index in [-0.39, 0.29) is 17.8 Å². The highest BCUT2D eigenvalue weighted by molar-refractivity contribution is 5.90. The van der Waals surface area contributed by atoms with E-state index in [1.54, 1.807) is 0 Å². The number of Topliss-reactive ketones (excluding diaryl/α,β-unsaturated/α-hetero) is 1. The van der Waals surface area contributed by atoms with E-state index in [4.69, 9.17) is 5.26 Å². The number of nitrogens with zero attached hydrogens (tertiary/aromatic N) is 1. The van der Waals surface area contributed by atoms with E-state index >= 15 is 0 Å². The van der Waals surface area contributed by atoms with Crippen molar-refractivity contribution in [1.82, 2.24) is 0 Å². The molecule has 2 nitrogen and oxygen atoms in total. The molecule has 0 amide bonds. The number of nitriles is 1. The second-order valence-corrected chi connectivity index (χ2v) is 4.75. The van der Waals surface area contributed by atoms with Crippen molar-refractivity contribution in [2.45, 2.75) is 19.3 Å². The molecule has 0 aromatic rings. The van der Waals surface area contributed by atoms with Gasteiger partial charge in [-0.05, 0) is 24.7 Å². The van der Waals surface area contributed by atoms with E-state index in [1.165, 1.54) is 12.8 Å². The van der Waals surface area contributed by atoms with E-state index in [1.807, 2.05) is 12.2 Å². The summed E-state index contributed by atoms with van der Waals surface area (Å²) in [6, 6.07) is 2.27. The first-order valence-corrected chi connectivity index (χ1v) is 5.44. The van der Waals surface area contributed by atoms with Gasteiger partial charge in [0.2, 0.25) is 0 Å².